The Labute approximate surface area is 178 Å². The first kappa shape index (κ1) is 21.8. The van der Waals surface area contributed by atoms with Crippen LogP contribution in [0.4, 0.5) is 17.6 Å². The molecule has 3 nitrogen and oxygen atoms in total. The van der Waals surface area contributed by atoms with Gasteiger partial charge in [0.25, 0.3) is 0 Å². The first-order valence-corrected chi connectivity index (χ1v) is 10.2. The van der Waals surface area contributed by atoms with Gasteiger partial charge in [-0.2, -0.15) is 0 Å². The van der Waals surface area contributed by atoms with Crippen molar-refractivity contribution in [3.8, 4) is 0 Å². The maximum absolute atomic E-state index is 15.0. The van der Waals surface area contributed by atoms with Gasteiger partial charge in [0.2, 0.25) is 0 Å². The fourth-order valence-electron chi connectivity index (χ4n) is 4.05. The first-order chi connectivity index (χ1) is 14.9. The van der Waals surface area contributed by atoms with Crippen molar-refractivity contribution in [2.45, 2.75) is 37.9 Å². The molecule has 0 amide bonds. The van der Waals surface area contributed by atoms with E-state index in [0.29, 0.717) is 16.7 Å². The van der Waals surface area contributed by atoms with Crippen LogP contribution in [0.25, 0.3) is 11.1 Å². The molecule has 1 fully saturated rings. The summed E-state index contributed by atoms with van der Waals surface area (Å²) in [4.78, 5) is 0. The van der Waals surface area contributed by atoms with Crippen molar-refractivity contribution in [3.05, 3.63) is 71.0 Å². The monoisotopic (exact) mass is 436 g/mol. The fourth-order valence-corrected chi connectivity index (χ4v) is 4.05. The van der Waals surface area contributed by atoms with Gasteiger partial charge in [0.15, 0.2) is 31.0 Å². The molecule has 7 heteroatoms. The minimum Gasteiger partial charge on any atom is -0.498 e. The van der Waals surface area contributed by atoms with Crippen LogP contribution < -0.4 is 0 Å². The van der Waals surface area contributed by atoms with Crippen LogP contribution in [0.2, 0.25) is 0 Å². The second-order valence-electron chi connectivity index (χ2n) is 7.80. The molecule has 2 aliphatic carbocycles. The molecule has 1 heterocycles. The Morgan fingerprint density at radius 2 is 1.26 bits per heavy atom. The molecular formula is C24H24F4O3. The lowest BCUT2D eigenvalue weighted by molar-refractivity contribution is -0.185. The highest BCUT2D eigenvalue weighted by atomic mass is 19.2. The normalized spacial score (nSPS) is 33.7. The van der Waals surface area contributed by atoms with E-state index in [2.05, 4.69) is 0 Å². The van der Waals surface area contributed by atoms with Crippen molar-refractivity contribution in [2.24, 2.45) is 5.92 Å². The summed E-state index contributed by atoms with van der Waals surface area (Å²) >= 11 is 0. The third-order valence-electron chi connectivity index (χ3n) is 5.90. The van der Waals surface area contributed by atoms with E-state index in [1.807, 2.05) is 0 Å². The number of allylic oxidation sites excluding steroid dienone is 7. The van der Waals surface area contributed by atoms with Gasteiger partial charge in [0.05, 0.1) is 20.3 Å². The molecule has 1 saturated heterocycles. The number of ether oxygens (including phenoxy) is 3. The Bertz CT molecular complexity index is 927. The number of rotatable bonds is 4. The number of hydrogen-bond acceptors (Lipinski definition) is 3. The molecule has 0 bridgehead atoms. The Kier molecular flexibility index (Phi) is 6.34. The number of alkyl halides is 4. The molecule has 4 atom stereocenters. The minimum absolute atomic E-state index is 0.0692. The van der Waals surface area contributed by atoms with Crippen LogP contribution in [0.1, 0.15) is 18.1 Å². The van der Waals surface area contributed by atoms with Crippen molar-refractivity contribution in [3.63, 3.8) is 0 Å². The summed E-state index contributed by atoms with van der Waals surface area (Å²) in [6.45, 7) is 2.33. The lowest BCUT2D eigenvalue weighted by Gasteiger charge is -2.33. The van der Waals surface area contributed by atoms with E-state index in [1.54, 1.807) is 43.3 Å². The summed E-state index contributed by atoms with van der Waals surface area (Å²) in [5, 5.41) is 0. The first-order valence-electron chi connectivity index (χ1n) is 10.2. The highest BCUT2D eigenvalue weighted by Crippen LogP contribution is 2.37. The highest BCUT2D eigenvalue weighted by Gasteiger charge is 2.37. The highest BCUT2D eigenvalue weighted by molar-refractivity contribution is 5.77. The molecular weight excluding hydrogens is 412 g/mol. The van der Waals surface area contributed by atoms with Gasteiger partial charge in [0.1, 0.15) is 5.76 Å². The van der Waals surface area contributed by atoms with Gasteiger partial charge in [-0.1, -0.05) is 42.5 Å². The number of benzene rings is 1. The molecule has 3 aliphatic rings. The van der Waals surface area contributed by atoms with E-state index >= 15 is 0 Å². The Morgan fingerprint density at radius 1 is 0.742 bits per heavy atom. The van der Waals surface area contributed by atoms with Gasteiger partial charge < -0.3 is 14.2 Å². The molecule has 166 valence electrons. The molecule has 4 unspecified atom stereocenters. The van der Waals surface area contributed by atoms with Crippen LogP contribution in [0.3, 0.4) is 0 Å². The number of halogens is 4. The maximum Gasteiger partial charge on any atom is 0.192 e. The molecule has 31 heavy (non-hydrogen) atoms. The molecule has 0 spiro atoms. The average Bonchev–Trinajstić information content (AvgIpc) is 2.78. The molecule has 4 rings (SSSR count). The van der Waals surface area contributed by atoms with E-state index in [4.69, 9.17) is 14.2 Å². The van der Waals surface area contributed by atoms with Crippen LogP contribution >= 0.6 is 0 Å². The zero-order valence-electron chi connectivity index (χ0n) is 17.2. The van der Waals surface area contributed by atoms with Crippen LogP contribution in [-0.2, 0) is 14.2 Å². The van der Waals surface area contributed by atoms with Crippen LogP contribution in [0.5, 0.6) is 0 Å². The average molecular weight is 436 g/mol. The van der Waals surface area contributed by atoms with Crippen molar-refractivity contribution in [2.75, 3.05) is 20.3 Å². The van der Waals surface area contributed by atoms with Crippen molar-refractivity contribution < 1.29 is 31.8 Å². The minimum atomic E-state index is -1.88. The van der Waals surface area contributed by atoms with E-state index in [9.17, 15) is 17.6 Å². The predicted octanol–water partition coefficient (Wildman–Crippen LogP) is 5.30. The standard InChI is InChI=1S/C24H24F4O3/c1-13-30-11-16(12-31-13)19-8-7-17(21(25)22(19)26)14-3-5-15(6-4-14)18-9-10-20(29-2)24(28)23(18)27/h3-10,13,16,21-24H,11-12H2,1-2H3. The van der Waals surface area contributed by atoms with Crippen molar-refractivity contribution in [1.29, 1.82) is 0 Å². The van der Waals surface area contributed by atoms with E-state index in [-0.39, 0.29) is 42.3 Å². The van der Waals surface area contributed by atoms with Gasteiger partial charge in [-0.15, -0.1) is 0 Å². The van der Waals surface area contributed by atoms with E-state index in [1.165, 1.54) is 19.3 Å². The van der Waals surface area contributed by atoms with Gasteiger partial charge in [0, 0.05) is 5.92 Å². The third-order valence-corrected chi connectivity index (χ3v) is 5.90. The largest absolute Gasteiger partial charge is 0.498 e. The van der Waals surface area contributed by atoms with Gasteiger partial charge in [-0.05, 0) is 40.8 Å². The summed E-state index contributed by atoms with van der Waals surface area (Å²) in [5.41, 5.74) is 1.65. The zero-order chi connectivity index (χ0) is 22.1. The summed E-state index contributed by atoms with van der Waals surface area (Å²) in [6, 6.07) is 6.33. The Balaban J connectivity index is 1.55. The molecule has 0 radical (unpaired) electrons. The van der Waals surface area contributed by atoms with E-state index in [0.717, 1.165) is 0 Å². The van der Waals surface area contributed by atoms with Crippen LogP contribution in [0.15, 0.2) is 59.9 Å². The van der Waals surface area contributed by atoms with Crippen LogP contribution in [-0.4, -0.2) is 51.3 Å². The second kappa shape index (κ2) is 9.01. The summed E-state index contributed by atoms with van der Waals surface area (Å²) < 4.78 is 74.0. The number of methoxy groups -OCH3 is 1. The zero-order valence-corrected chi connectivity index (χ0v) is 17.2. The lowest BCUT2D eigenvalue weighted by Crippen LogP contribution is -2.36. The quantitative estimate of drug-likeness (QED) is 0.600. The second-order valence-corrected chi connectivity index (χ2v) is 7.80. The molecule has 0 N–H and O–H groups in total. The van der Waals surface area contributed by atoms with Crippen LogP contribution in [0, 0.1) is 5.92 Å². The summed E-state index contributed by atoms with van der Waals surface area (Å²) in [7, 11) is 1.29. The summed E-state index contributed by atoms with van der Waals surface area (Å²) in [6.07, 6.45) is -1.72. The topological polar surface area (TPSA) is 27.7 Å². The lowest BCUT2D eigenvalue weighted by atomic mass is 9.84. The molecule has 0 aromatic heterocycles. The number of hydrogen-bond donors (Lipinski definition) is 0. The molecule has 1 aromatic rings. The molecule has 0 saturated carbocycles. The molecule has 1 aliphatic heterocycles. The van der Waals surface area contributed by atoms with Gasteiger partial charge >= 0.3 is 0 Å². The van der Waals surface area contributed by atoms with Gasteiger partial charge in [-0.25, -0.2) is 17.6 Å². The predicted molar refractivity (Wildman–Crippen MR) is 110 cm³/mol. The Morgan fingerprint density at radius 3 is 1.81 bits per heavy atom. The van der Waals surface area contributed by atoms with Crippen molar-refractivity contribution >= 4 is 11.1 Å². The fraction of sp³-hybridized carbons (Fsp3) is 0.417. The maximum atomic E-state index is 15.0. The Hall–Kier alpha value is -2.38. The molecule has 1 aromatic carbocycles. The smallest absolute Gasteiger partial charge is 0.192 e. The van der Waals surface area contributed by atoms with Crippen molar-refractivity contribution in [1.82, 2.24) is 0 Å². The SMILES string of the molecule is COC1=CC=C(c2ccc(C3=CC=C(C4COC(C)OC4)C(F)C3F)cc2)C(F)C1F. The van der Waals surface area contributed by atoms with Gasteiger partial charge in [-0.3, -0.25) is 0 Å². The van der Waals surface area contributed by atoms with E-state index < -0.39 is 24.7 Å². The summed E-state index contributed by atoms with van der Waals surface area (Å²) in [5.74, 6) is -0.400. The third kappa shape index (κ3) is 4.21.